The fraction of sp³-hybridized carbons (Fsp3) is 0.154. The van der Waals surface area contributed by atoms with E-state index in [0.29, 0.717) is 16.9 Å². The average molecular weight is 355 g/mol. The summed E-state index contributed by atoms with van der Waals surface area (Å²) in [7, 11) is -3.61. The fourth-order valence-electron chi connectivity index (χ4n) is 1.98. The minimum Gasteiger partial charge on any atom is -0.493 e. The molecule has 0 unspecified atom stereocenters. The summed E-state index contributed by atoms with van der Waals surface area (Å²) >= 11 is 3.20. The summed E-state index contributed by atoms with van der Waals surface area (Å²) in [6.45, 7) is 0.600. The van der Waals surface area contributed by atoms with Gasteiger partial charge in [0, 0.05) is 6.42 Å². The first-order chi connectivity index (χ1) is 9.54. The lowest BCUT2D eigenvalue weighted by molar-refractivity contribution is 0.356. The SMILES string of the molecule is O=S(=O)(Nc1ccc(Br)nc1)c1ccc2c(c1)CCO2. The van der Waals surface area contributed by atoms with Gasteiger partial charge in [0.2, 0.25) is 0 Å². The molecule has 0 bridgehead atoms. The Hall–Kier alpha value is -1.60. The van der Waals surface area contributed by atoms with Crippen molar-refractivity contribution in [2.75, 3.05) is 11.3 Å². The van der Waals surface area contributed by atoms with Crippen LogP contribution in [-0.4, -0.2) is 20.0 Å². The van der Waals surface area contributed by atoms with Crippen molar-refractivity contribution < 1.29 is 13.2 Å². The molecule has 0 atom stereocenters. The number of sulfonamides is 1. The normalized spacial score (nSPS) is 13.7. The predicted molar refractivity (Wildman–Crippen MR) is 78.4 cm³/mol. The molecular formula is C13H11BrN2O3S. The van der Waals surface area contributed by atoms with Gasteiger partial charge in [-0.15, -0.1) is 0 Å². The third-order valence-corrected chi connectivity index (χ3v) is 4.80. The minimum atomic E-state index is -3.61. The van der Waals surface area contributed by atoms with Gasteiger partial charge < -0.3 is 4.74 Å². The molecule has 0 spiro atoms. The highest BCUT2D eigenvalue weighted by atomic mass is 79.9. The van der Waals surface area contributed by atoms with Crippen LogP contribution in [0.1, 0.15) is 5.56 Å². The van der Waals surface area contributed by atoms with Crippen LogP contribution in [0.5, 0.6) is 5.75 Å². The number of aromatic nitrogens is 1. The summed E-state index contributed by atoms with van der Waals surface area (Å²) in [5.41, 5.74) is 1.34. The summed E-state index contributed by atoms with van der Waals surface area (Å²) in [5, 5.41) is 0. The zero-order chi connectivity index (χ0) is 14.2. The Morgan fingerprint density at radius 2 is 2.10 bits per heavy atom. The number of nitrogens with one attached hydrogen (secondary N) is 1. The van der Waals surface area contributed by atoms with E-state index < -0.39 is 10.0 Å². The first-order valence-corrected chi connectivity index (χ1v) is 8.22. The van der Waals surface area contributed by atoms with E-state index in [1.807, 2.05) is 0 Å². The maximum absolute atomic E-state index is 12.3. The predicted octanol–water partition coefficient (Wildman–Crippen LogP) is 2.58. The molecule has 1 aliphatic rings. The van der Waals surface area contributed by atoms with Gasteiger partial charge in [0.1, 0.15) is 10.4 Å². The lowest BCUT2D eigenvalue weighted by Crippen LogP contribution is -2.13. The van der Waals surface area contributed by atoms with Crippen LogP contribution >= 0.6 is 15.9 Å². The number of halogens is 1. The van der Waals surface area contributed by atoms with Gasteiger partial charge in [-0.25, -0.2) is 13.4 Å². The van der Waals surface area contributed by atoms with Crippen LogP contribution in [0.25, 0.3) is 0 Å². The van der Waals surface area contributed by atoms with Gasteiger partial charge in [0.25, 0.3) is 10.0 Å². The molecule has 0 saturated heterocycles. The Labute approximate surface area is 125 Å². The van der Waals surface area contributed by atoms with Gasteiger partial charge >= 0.3 is 0 Å². The second-order valence-electron chi connectivity index (χ2n) is 4.34. The van der Waals surface area contributed by atoms with E-state index in [9.17, 15) is 8.42 Å². The highest BCUT2D eigenvalue weighted by Gasteiger charge is 2.19. The van der Waals surface area contributed by atoms with E-state index in [0.717, 1.165) is 17.7 Å². The van der Waals surface area contributed by atoms with Crippen molar-refractivity contribution >= 4 is 31.6 Å². The van der Waals surface area contributed by atoms with Crippen LogP contribution in [0.2, 0.25) is 0 Å². The number of rotatable bonds is 3. The van der Waals surface area contributed by atoms with Gasteiger partial charge in [-0.1, -0.05) is 0 Å². The van der Waals surface area contributed by atoms with Crippen LogP contribution in [0.4, 0.5) is 5.69 Å². The Balaban J connectivity index is 1.90. The lowest BCUT2D eigenvalue weighted by atomic mass is 10.2. The van der Waals surface area contributed by atoms with Crippen molar-refractivity contribution in [3.05, 3.63) is 46.7 Å². The van der Waals surface area contributed by atoms with E-state index in [2.05, 4.69) is 25.6 Å². The molecule has 0 amide bonds. The molecule has 7 heteroatoms. The molecule has 0 saturated carbocycles. The second-order valence-corrected chi connectivity index (χ2v) is 6.84. The highest BCUT2D eigenvalue weighted by Crippen LogP contribution is 2.28. The van der Waals surface area contributed by atoms with Crippen LogP contribution in [-0.2, 0) is 16.4 Å². The van der Waals surface area contributed by atoms with Crippen molar-refractivity contribution in [1.82, 2.24) is 4.98 Å². The van der Waals surface area contributed by atoms with Crippen molar-refractivity contribution in [2.24, 2.45) is 0 Å². The molecule has 3 rings (SSSR count). The van der Waals surface area contributed by atoms with Crippen LogP contribution in [0, 0.1) is 0 Å². The summed E-state index contributed by atoms with van der Waals surface area (Å²) < 4.78 is 33.1. The van der Waals surface area contributed by atoms with Crippen molar-refractivity contribution in [2.45, 2.75) is 11.3 Å². The molecule has 0 radical (unpaired) electrons. The quantitative estimate of drug-likeness (QED) is 0.860. The molecule has 5 nitrogen and oxygen atoms in total. The lowest BCUT2D eigenvalue weighted by Gasteiger charge is -2.08. The van der Waals surface area contributed by atoms with Gasteiger partial charge in [-0.3, -0.25) is 4.72 Å². The molecular weight excluding hydrogens is 344 g/mol. The first kappa shape index (κ1) is 13.4. The summed E-state index contributed by atoms with van der Waals surface area (Å²) in [5.74, 6) is 0.759. The molecule has 2 aromatic rings. The van der Waals surface area contributed by atoms with E-state index in [1.54, 1.807) is 30.3 Å². The molecule has 104 valence electrons. The zero-order valence-corrected chi connectivity index (χ0v) is 12.7. The average Bonchev–Trinajstić information content (AvgIpc) is 2.88. The number of anilines is 1. The van der Waals surface area contributed by atoms with E-state index in [-0.39, 0.29) is 4.90 Å². The number of hydrogen-bond acceptors (Lipinski definition) is 4. The van der Waals surface area contributed by atoms with Crippen LogP contribution in [0.3, 0.4) is 0 Å². The Kier molecular flexibility index (Phi) is 3.39. The molecule has 2 heterocycles. The Bertz CT molecular complexity index is 745. The van der Waals surface area contributed by atoms with E-state index in [1.165, 1.54) is 6.20 Å². The molecule has 20 heavy (non-hydrogen) atoms. The number of ether oxygens (including phenoxy) is 1. The molecule has 1 aliphatic heterocycles. The second kappa shape index (κ2) is 5.06. The summed E-state index contributed by atoms with van der Waals surface area (Å²) in [4.78, 5) is 4.21. The van der Waals surface area contributed by atoms with Crippen LogP contribution in [0.15, 0.2) is 46.0 Å². The number of hydrogen-bond donors (Lipinski definition) is 1. The smallest absolute Gasteiger partial charge is 0.261 e. The number of fused-ring (bicyclic) bond motifs is 1. The summed E-state index contributed by atoms with van der Waals surface area (Å²) in [6, 6.07) is 8.20. The topological polar surface area (TPSA) is 68.3 Å². The maximum atomic E-state index is 12.3. The highest BCUT2D eigenvalue weighted by molar-refractivity contribution is 9.10. The van der Waals surface area contributed by atoms with Crippen molar-refractivity contribution in [3.63, 3.8) is 0 Å². The third kappa shape index (κ3) is 2.64. The van der Waals surface area contributed by atoms with Gasteiger partial charge in [0.15, 0.2) is 0 Å². The zero-order valence-electron chi connectivity index (χ0n) is 10.3. The molecule has 0 aliphatic carbocycles. The Morgan fingerprint density at radius 3 is 2.85 bits per heavy atom. The molecule has 1 N–H and O–H groups in total. The fourth-order valence-corrected chi connectivity index (χ4v) is 3.31. The first-order valence-electron chi connectivity index (χ1n) is 5.95. The Morgan fingerprint density at radius 1 is 1.25 bits per heavy atom. The van der Waals surface area contributed by atoms with E-state index >= 15 is 0 Å². The van der Waals surface area contributed by atoms with Crippen molar-refractivity contribution in [3.8, 4) is 5.75 Å². The molecule has 1 aromatic carbocycles. The molecule has 1 aromatic heterocycles. The van der Waals surface area contributed by atoms with Gasteiger partial charge in [-0.2, -0.15) is 0 Å². The number of nitrogens with zero attached hydrogens (tertiary/aromatic N) is 1. The monoisotopic (exact) mass is 354 g/mol. The van der Waals surface area contributed by atoms with Gasteiger partial charge in [-0.05, 0) is 51.8 Å². The summed E-state index contributed by atoms with van der Waals surface area (Å²) in [6.07, 6.45) is 2.19. The molecule has 0 fully saturated rings. The number of pyridine rings is 1. The largest absolute Gasteiger partial charge is 0.493 e. The minimum absolute atomic E-state index is 0.227. The van der Waals surface area contributed by atoms with Crippen molar-refractivity contribution in [1.29, 1.82) is 0 Å². The number of benzene rings is 1. The van der Waals surface area contributed by atoms with Crippen LogP contribution < -0.4 is 9.46 Å². The van der Waals surface area contributed by atoms with E-state index in [4.69, 9.17) is 4.74 Å². The van der Waals surface area contributed by atoms with Gasteiger partial charge in [0.05, 0.1) is 23.4 Å². The maximum Gasteiger partial charge on any atom is 0.261 e. The standard InChI is InChI=1S/C13H11BrN2O3S/c14-13-4-1-10(8-15-13)16-20(17,18)11-2-3-12-9(7-11)5-6-19-12/h1-4,7-8,16H,5-6H2. The third-order valence-electron chi connectivity index (χ3n) is 2.95.